The fourth-order valence-electron chi connectivity index (χ4n) is 5.57. The van der Waals surface area contributed by atoms with Gasteiger partial charge in [0.2, 0.25) is 0 Å². The highest BCUT2D eigenvalue weighted by Gasteiger charge is 2.68. The summed E-state index contributed by atoms with van der Waals surface area (Å²) < 4.78 is 29.5. The van der Waals surface area contributed by atoms with E-state index < -0.39 is 11.3 Å². The van der Waals surface area contributed by atoms with Crippen LogP contribution in [0.1, 0.15) is 59.3 Å². The molecule has 0 saturated heterocycles. The van der Waals surface area contributed by atoms with Crippen molar-refractivity contribution >= 4 is 0 Å². The van der Waals surface area contributed by atoms with Crippen LogP contribution in [0.5, 0.6) is 0 Å². The first-order valence-electron chi connectivity index (χ1n) is 6.56. The van der Waals surface area contributed by atoms with Crippen LogP contribution in [-0.4, -0.2) is 11.3 Å². The van der Waals surface area contributed by atoms with E-state index in [-0.39, 0.29) is 17.3 Å². The molecule has 92 valence electrons. The molecule has 4 aliphatic carbocycles. The zero-order chi connectivity index (χ0) is 11.8. The normalized spacial score (nSPS) is 59.6. The Hall–Kier alpha value is -0.140. The van der Waals surface area contributed by atoms with Gasteiger partial charge in [-0.25, -0.2) is 8.78 Å². The largest absolute Gasteiger partial charge is 0.244 e. The lowest BCUT2D eigenvalue weighted by Crippen LogP contribution is -2.64. The van der Waals surface area contributed by atoms with Crippen LogP contribution in [-0.2, 0) is 0 Å². The first kappa shape index (κ1) is 11.0. The monoisotopic (exact) mass is 228 g/mol. The van der Waals surface area contributed by atoms with Crippen molar-refractivity contribution in [2.24, 2.45) is 16.7 Å². The molecule has 4 fully saturated rings. The molecule has 4 aliphatic rings. The Bertz CT molecular complexity index is 280. The van der Waals surface area contributed by atoms with E-state index >= 15 is 0 Å². The third-order valence-corrected chi connectivity index (χ3v) is 5.46. The minimum atomic E-state index is -1.21. The van der Waals surface area contributed by atoms with Crippen molar-refractivity contribution in [1.29, 1.82) is 0 Å². The number of hydrogen-bond donors (Lipinski definition) is 0. The summed E-state index contributed by atoms with van der Waals surface area (Å²) in [6.45, 7) is 6.39. The van der Waals surface area contributed by atoms with Crippen LogP contribution in [0.3, 0.4) is 0 Å². The first-order valence-corrected chi connectivity index (χ1v) is 6.56. The Balaban J connectivity index is 2.07. The molecule has 0 aromatic rings. The van der Waals surface area contributed by atoms with Gasteiger partial charge in [-0.3, -0.25) is 0 Å². The molecule has 4 saturated carbocycles. The lowest BCUT2D eigenvalue weighted by molar-refractivity contribution is -0.219. The zero-order valence-corrected chi connectivity index (χ0v) is 10.6. The summed E-state index contributed by atoms with van der Waals surface area (Å²) in [5.74, 6) is 0.401. The summed E-state index contributed by atoms with van der Waals surface area (Å²) in [5, 5.41) is 0. The molecule has 0 aromatic heterocycles. The maximum atomic E-state index is 14.7. The molecule has 0 spiro atoms. The van der Waals surface area contributed by atoms with Crippen LogP contribution in [0.15, 0.2) is 0 Å². The number of hydrogen-bond acceptors (Lipinski definition) is 0. The van der Waals surface area contributed by atoms with Gasteiger partial charge in [-0.05, 0) is 48.9 Å². The summed E-state index contributed by atoms with van der Waals surface area (Å²) in [6, 6.07) is 0. The van der Waals surface area contributed by atoms with Gasteiger partial charge >= 0.3 is 0 Å². The summed E-state index contributed by atoms with van der Waals surface area (Å²) in [5.41, 5.74) is -2.56. The van der Waals surface area contributed by atoms with Crippen molar-refractivity contribution in [3.05, 3.63) is 0 Å². The Morgan fingerprint density at radius 3 is 1.69 bits per heavy atom. The quantitative estimate of drug-likeness (QED) is 0.622. The minimum Gasteiger partial charge on any atom is -0.244 e. The lowest BCUT2D eigenvalue weighted by atomic mass is 9.40. The van der Waals surface area contributed by atoms with Gasteiger partial charge in [0.25, 0.3) is 0 Å². The summed E-state index contributed by atoms with van der Waals surface area (Å²) in [6.07, 6.45) is 3.62. The van der Waals surface area contributed by atoms with Gasteiger partial charge in [-0.1, -0.05) is 20.8 Å². The highest BCUT2D eigenvalue weighted by Crippen LogP contribution is 2.71. The van der Waals surface area contributed by atoms with Crippen LogP contribution in [0.25, 0.3) is 0 Å². The van der Waals surface area contributed by atoms with Crippen LogP contribution < -0.4 is 0 Å². The molecule has 2 unspecified atom stereocenters. The van der Waals surface area contributed by atoms with Gasteiger partial charge in [0.05, 0.1) is 0 Å². The first-order chi connectivity index (χ1) is 7.19. The van der Waals surface area contributed by atoms with E-state index in [0.29, 0.717) is 31.6 Å². The summed E-state index contributed by atoms with van der Waals surface area (Å²) in [7, 11) is 0. The summed E-state index contributed by atoms with van der Waals surface area (Å²) in [4.78, 5) is 0. The van der Waals surface area contributed by atoms with Gasteiger partial charge in [-0.15, -0.1) is 0 Å². The lowest BCUT2D eigenvalue weighted by Gasteiger charge is -2.66. The Morgan fingerprint density at radius 1 is 0.812 bits per heavy atom. The average molecular weight is 228 g/mol. The van der Waals surface area contributed by atoms with Crippen molar-refractivity contribution in [3.63, 3.8) is 0 Å². The van der Waals surface area contributed by atoms with Crippen LogP contribution in [0.4, 0.5) is 8.78 Å². The van der Waals surface area contributed by atoms with E-state index in [2.05, 4.69) is 20.8 Å². The van der Waals surface area contributed by atoms with Gasteiger partial charge in [0.1, 0.15) is 11.3 Å². The second kappa shape index (κ2) is 2.64. The molecule has 4 rings (SSSR count). The Kier molecular flexibility index (Phi) is 1.81. The number of alkyl halides is 2. The van der Waals surface area contributed by atoms with Crippen LogP contribution in [0, 0.1) is 16.7 Å². The van der Waals surface area contributed by atoms with Gasteiger partial charge < -0.3 is 0 Å². The fraction of sp³-hybridized carbons (Fsp3) is 1.00. The van der Waals surface area contributed by atoms with E-state index in [1.165, 1.54) is 0 Å². The van der Waals surface area contributed by atoms with Gasteiger partial charge in [0, 0.05) is 6.42 Å². The molecular formula is C14H22F2. The Morgan fingerprint density at radius 2 is 1.31 bits per heavy atom. The molecule has 4 bridgehead atoms. The van der Waals surface area contributed by atoms with Crippen molar-refractivity contribution in [2.45, 2.75) is 70.6 Å². The predicted octanol–water partition coefficient (Wildman–Crippen LogP) is 4.43. The molecule has 0 aliphatic heterocycles. The standard InChI is InChI=1S/C14H22F2/c1-10(2)12-4-11(3)5-13(15,7-12)9-14(16,6-11)8-12/h10H,4-9H2,1-3H3. The summed E-state index contributed by atoms with van der Waals surface area (Å²) >= 11 is 0. The molecule has 0 radical (unpaired) electrons. The molecular weight excluding hydrogens is 206 g/mol. The van der Waals surface area contributed by atoms with Gasteiger partial charge in [-0.2, -0.15) is 0 Å². The number of halogens is 2. The minimum absolute atomic E-state index is 0.0625. The number of rotatable bonds is 1. The van der Waals surface area contributed by atoms with E-state index in [1.54, 1.807) is 0 Å². The van der Waals surface area contributed by atoms with Crippen molar-refractivity contribution in [1.82, 2.24) is 0 Å². The smallest absolute Gasteiger partial charge is 0.115 e. The fourth-order valence-corrected chi connectivity index (χ4v) is 5.57. The molecule has 16 heavy (non-hydrogen) atoms. The maximum Gasteiger partial charge on any atom is 0.115 e. The van der Waals surface area contributed by atoms with Crippen molar-refractivity contribution in [2.75, 3.05) is 0 Å². The van der Waals surface area contributed by atoms with Gasteiger partial charge in [0.15, 0.2) is 0 Å². The second-order valence-corrected chi connectivity index (χ2v) is 7.69. The second-order valence-electron chi connectivity index (χ2n) is 7.69. The molecule has 0 N–H and O–H groups in total. The molecule has 0 nitrogen and oxygen atoms in total. The van der Waals surface area contributed by atoms with Crippen LogP contribution in [0.2, 0.25) is 0 Å². The van der Waals surface area contributed by atoms with E-state index in [4.69, 9.17) is 0 Å². The third kappa shape index (κ3) is 1.31. The predicted molar refractivity (Wildman–Crippen MR) is 60.8 cm³/mol. The van der Waals surface area contributed by atoms with Crippen molar-refractivity contribution < 1.29 is 8.78 Å². The molecule has 0 heterocycles. The Labute approximate surface area is 96.8 Å². The molecule has 0 aromatic carbocycles. The van der Waals surface area contributed by atoms with E-state index in [9.17, 15) is 8.78 Å². The molecule has 2 heteroatoms. The van der Waals surface area contributed by atoms with Crippen LogP contribution >= 0.6 is 0 Å². The third-order valence-electron chi connectivity index (χ3n) is 5.46. The topological polar surface area (TPSA) is 0 Å². The average Bonchev–Trinajstić information content (AvgIpc) is 1.92. The SMILES string of the molecule is CC(C)C12CC3(C)CC(F)(CC(F)(C3)C1)C2. The zero-order valence-electron chi connectivity index (χ0n) is 10.6. The molecule has 2 atom stereocenters. The highest BCUT2D eigenvalue weighted by atomic mass is 19.2. The van der Waals surface area contributed by atoms with Crippen molar-refractivity contribution in [3.8, 4) is 0 Å². The molecule has 0 amide bonds. The van der Waals surface area contributed by atoms with E-state index in [0.717, 1.165) is 6.42 Å². The maximum absolute atomic E-state index is 14.7. The highest BCUT2D eigenvalue weighted by molar-refractivity contribution is 5.18. The van der Waals surface area contributed by atoms with E-state index in [1.807, 2.05) is 0 Å².